The first-order valence-corrected chi connectivity index (χ1v) is 3.23. The van der Waals surface area contributed by atoms with Crippen LogP contribution in [0.1, 0.15) is 11.7 Å². The van der Waals surface area contributed by atoms with Crippen molar-refractivity contribution < 1.29 is 5.11 Å². The first-order chi connectivity index (χ1) is 4.75. The van der Waals surface area contributed by atoms with Crippen LogP contribution in [0.5, 0.6) is 0 Å². The number of rotatable bonds is 2. The lowest BCUT2D eigenvalue weighted by Crippen LogP contribution is -2.17. The molecule has 1 aromatic rings. The molecule has 0 aliphatic heterocycles. The molecular formula is C7H12N2O. The number of aromatic nitrogens is 1. The standard InChI is InChI=1S/C7H12N2O/c1-9-4-2-3-7(9)6(8)5-10/h2-4,6,10H,5,8H2,1H3. The maximum atomic E-state index is 8.69. The van der Waals surface area contributed by atoms with Gasteiger partial charge in [0, 0.05) is 18.9 Å². The maximum Gasteiger partial charge on any atom is 0.0684 e. The molecule has 0 radical (unpaired) electrons. The largest absolute Gasteiger partial charge is 0.394 e. The fourth-order valence-corrected chi connectivity index (χ4v) is 0.953. The monoisotopic (exact) mass is 140 g/mol. The molecular weight excluding hydrogens is 128 g/mol. The van der Waals surface area contributed by atoms with E-state index < -0.39 is 0 Å². The summed E-state index contributed by atoms with van der Waals surface area (Å²) in [6, 6.07) is 3.56. The lowest BCUT2D eigenvalue weighted by atomic mass is 10.2. The van der Waals surface area contributed by atoms with Crippen LogP contribution in [0.2, 0.25) is 0 Å². The van der Waals surface area contributed by atoms with Crippen LogP contribution in [0.4, 0.5) is 0 Å². The van der Waals surface area contributed by atoms with E-state index in [0.29, 0.717) is 0 Å². The molecule has 1 atom stereocenters. The molecule has 0 aliphatic carbocycles. The molecule has 0 aliphatic rings. The number of nitrogens with zero attached hydrogens (tertiary/aromatic N) is 1. The van der Waals surface area contributed by atoms with Gasteiger partial charge in [-0.25, -0.2) is 0 Å². The van der Waals surface area contributed by atoms with Crippen molar-refractivity contribution in [2.24, 2.45) is 12.8 Å². The molecule has 0 saturated carbocycles. The summed E-state index contributed by atoms with van der Waals surface area (Å²) in [5.41, 5.74) is 6.53. The average Bonchev–Trinajstić information content (AvgIpc) is 2.34. The number of aliphatic hydroxyl groups excluding tert-OH is 1. The molecule has 0 aromatic carbocycles. The summed E-state index contributed by atoms with van der Waals surface area (Å²) in [5, 5.41) is 8.69. The highest BCUT2D eigenvalue weighted by molar-refractivity contribution is 5.10. The summed E-state index contributed by atoms with van der Waals surface area (Å²) >= 11 is 0. The minimum Gasteiger partial charge on any atom is -0.394 e. The molecule has 3 heteroatoms. The zero-order valence-corrected chi connectivity index (χ0v) is 5.99. The zero-order valence-electron chi connectivity index (χ0n) is 5.99. The van der Waals surface area contributed by atoms with E-state index in [4.69, 9.17) is 10.8 Å². The summed E-state index contributed by atoms with van der Waals surface area (Å²) < 4.78 is 1.90. The van der Waals surface area contributed by atoms with Gasteiger partial charge in [-0.2, -0.15) is 0 Å². The van der Waals surface area contributed by atoms with E-state index in [2.05, 4.69) is 0 Å². The molecule has 0 fully saturated rings. The molecule has 3 nitrogen and oxygen atoms in total. The number of hydrogen-bond donors (Lipinski definition) is 2. The fourth-order valence-electron chi connectivity index (χ4n) is 0.953. The van der Waals surface area contributed by atoms with Gasteiger partial charge in [-0.3, -0.25) is 0 Å². The average molecular weight is 140 g/mol. The van der Waals surface area contributed by atoms with Crippen molar-refractivity contribution in [3.63, 3.8) is 0 Å². The van der Waals surface area contributed by atoms with Crippen molar-refractivity contribution >= 4 is 0 Å². The van der Waals surface area contributed by atoms with Crippen LogP contribution in [0.15, 0.2) is 18.3 Å². The smallest absolute Gasteiger partial charge is 0.0684 e. The predicted molar refractivity (Wildman–Crippen MR) is 39.4 cm³/mol. The Hall–Kier alpha value is -0.800. The van der Waals surface area contributed by atoms with Gasteiger partial charge in [0.2, 0.25) is 0 Å². The molecule has 1 unspecified atom stereocenters. The van der Waals surface area contributed by atoms with Gasteiger partial charge in [0.05, 0.1) is 12.6 Å². The normalized spacial score (nSPS) is 13.5. The molecule has 1 rings (SSSR count). The molecule has 3 N–H and O–H groups in total. The second-order valence-electron chi connectivity index (χ2n) is 2.33. The van der Waals surface area contributed by atoms with Crippen LogP contribution < -0.4 is 5.73 Å². The molecule has 1 aromatic heterocycles. The minimum absolute atomic E-state index is 0.00213. The SMILES string of the molecule is Cn1cccc1C(N)CO. The molecule has 56 valence electrons. The van der Waals surface area contributed by atoms with Crippen LogP contribution in [0, 0.1) is 0 Å². The number of aryl methyl sites for hydroxylation is 1. The van der Waals surface area contributed by atoms with Gasteiger partial charge in [0.25, 0.3) is 0 Å². The van der Waals surface area contributed by atoms with Crippen LogP contribution in [-0.2, 0) is 7.05 Å². The molecule has 1 heterocycles. The molecule has 0 amide bonds. The van der Waals surface area contributed by atoms with E-state index in [0.717, 1.165) is 5.69 Å². The van der Waals surface area contributed by atoms with Crippen molar-refractivity contribution in [1.29, 1.82) is 0 Å². The Morgan fingerprint density at radius 3 is 2.90 bits per heavy atom. The van der Waals surface area contributed by atoms with E-state index in [1.54, 1.807) is 0 Å². The topological polar surface area (TPSA) is 51.2 Å². The fraction of sp³-hybridized carbons (Fsp3) is 0.429. The third kappa shape index (κ3) is 1.20. The highest BCUT2D eigenvalue weighted by Crippen LogP contribution is 2.07. The molecule has 10 heavy (non-hydrogen) atoms. The number of hydrogen-bond acceptors (Lipinski definition) is 2. The molecule has 0 bridgehead atoms. The Bertz CT molecular complexity index is 207. The highest BCUT2D eigenvalue weighted by Gasteiger charge is 2.05. The van der Waals surface area contributed by atoms with Crippen molar-refractivity contribution in [2.75, 3.05) is 6.61 Å². The van der Waals surface area contributed by atoms with Gasteiger partial charge < -0.3 is 15.4 Å². The van der Waals surface area contributed by atoms with Crippen molar-refractivity contribution in [3.8, 4) is 0 Å². The Labute approximate surface area is 60.1 Å². The minimum atomic E-state index is -0.250. The van der Waals surface area contributed by atoms with Crippen molar-refractivity contribution in [3.05, 3.63) is 24.0 Å². The summed E-state index contributed by atoms with van der Waals surface area (Å²) in [6.07, 6.45) is 1.91. The van der Waals surface area contributed by atoms with Crippen LogP contribution in [0.3, 0.4) is 0 Å². The van der Waals surface area contributed by atoms with Gasteiger partial charge >= 0.3 is 0 Å². The lowest BCUT2D eigenvalue weighted by Gasteiger charge is -2.08. The lowest BCUT2D eigenvalue weighted by molar-refractivity contribution is 0.264. The summed E-state index contributed by atoms with van der Waals surface area (Å²) in [4.78, 5) is 0. The van der Waals surface area contributed by atoms with Crippen LogP contribution >= 0.6 is 0 Å². The van der Waals surface area contributed by atoms with Crippen molar-refractivity contribution in [1.82, 2.24) is 4.57 Å². The Morgan fingerprint density at radius 2 is 2.50 bits per heavy atom. The third-order valence-corrected chi connectivity index (χ3v) is 1.56. The van der Waals surface area contributed by atoms with Gasteiger partial charge in [-0.05, 0) is 12.1 Å². The van der Waals surface area contributed by atoms with E-state index in [1.165, 1.54) is 0 Å². The highest BCUT2D eigenvalue weighted by atomic mass is 16.3. The first-order valence-electron chi connectivity index (χ1n) is 3.23. The van der Waals surface area contributed by atoms with Gasteiger partial charge in [-0.1, -0.05) is 0 Å². The Balaban J connectivity index is 2.82. The van der Waals surface area contributed by atoms with Crippen LogP contribution in [0.25, 0.3) is 0 Å². The van der Waals surface area contributed by atoms with E-state index in [1.807, 2.05) is 29.9 Å². The second kappa shape index (κ2) is 2.86. The Morgan fingerprint density at radius 1 is 1.80 bits per heavy atom. The van der Waals surface area contributed by atoms with Crippen LogP contribution in [-0.4, -0.2) is 16.3 Å². The molecule has 0 saturated heterocycles. The first kappa shape index (κ1) is 7.31. The van der Waals surface area contributed by atoms with E-state index >= 15 is 0 Å². The van der Waals surface area contributed by atoms with Gasteiger partial charge in [0.1, 0.15) is 0 Å². The third-order valence-electron chi connectivity index (χ3n) is 1.56. The number of nitrogens with two attached hydrogens (primary N) is 1. The quantitative estimate of drug-likeness (QED) is 0.608. The van der Waals surface area contributed by atoms with E-state index in [-0.39, 0.29) is 12.6 Å². The summed E-state index contributed by atoms with van der Waals surface area (Å²) in [7, 11) is 1.91. The van der Waals surface area contributed by atoms with Gasteiger partial charge in [0.15, 0.2) is 0 Å². The predicted octanol–water partition coefficient (Wildman–Crippen LogP) is 0.0172. The molecule has 0 spiro atoms. The zero-order chi connectivity index (χ0) is 7.56. The second-order valence-corrected chi connectivity index (χ2v) is 2.33. The Kier molecular flexibility index (Phi) is 2.09. The van der Waals surface area contributed by atoms with E-state index in [9.17, 15) is 0 Å². The van der Waals surface area contributed by atoms with Gasteiger partial charge in [-0.15, -0.1) is 0 Å². The number of aliphatic hydroxyl groups is 1. The van der Waals surface area contributed by atoms with Crippen molar-refractivity contribution in [2.45, 2.75) is 6.04 Å². The summed E-state index contributed by atoms with van der Waals surface area (Å²) in [6.45, 7) is -0.00213. The summed E-state index contributed by atoms with van der Waals surface area (Å²) in [5.74, 6) is 0. The maximum absolute atomic E-state index is 8.69.